The number of nitrogens with zero attached hydrogens (tertiary/aromatic N) is 3. The molecule has 8 nitrogen and oxygen atoms in total. The van der Waals surface area contributed by atoms with Crippen molar-refractivity contribution >= 4 is 57.3 Å². The molecule has 202 valence electrons. The van der Waals surface area contributed by atoms with E-state index in [1.54, 1.807) is 23.8 Å². The molecule has 5 rings (SSSR count). The summed E-state index contributed by atoms with van der Waals surface area (Å²) in [5.74, 6) is 0.690. The highest BCUT2D eigenvalue weighted by atomic mass is 32.2. The van der Waals surface area contributed by atoms with Gasteiger partial charge in [-0.15, -0.1) is 0 Å². The first kappa shape index (κ1) is 27.0. The first-order valence-corrected chi connectivity index (χ1v) is 14.3. The zero-order chi connectivity index (χ0) is 27.4. The SMILES string of the molecule is CCNc1ccc(N)cc1N=C1S/C(=C2\Sc3ccc(OCCOC)cc3N2C)C(=O)N1Cc1ccccc1. The van der Waals surface area contributed by atoms with Gasteiger partial charge in [0.05, 0.1) is 35.2 Å². The number of nitrogens with one attached hydrogen (secondary N) is 1. The standard InChI is InChI=1S/C29H31N5O3S2/c1-4-31-22-12-10-20(30)16-23(22)32-29-34(18-19-8-6-5-7-9-19)27(35)26(39-29)28-33(2)24-17-21(37-15-14-36-3)11-13-25(24)38-28/h5-13,16-17,31H,4,14-15,18,30H2,1-3H3/b28-26-,32-29?. The number of amidine groups is 1. The quantitative estimate of drug-likeness (QED) is 0.190. The minimum absolute atomic E-state index is 0.0739. The van der Waals surface area contributed by atoms with E-state index in [4.69, 9.17) is 20.2 Å². The van der Waals surface area contributed by atoms with Crippen LogP contribution in [0.15, 0.2) is 86.6 Å². The van der Waals surface area contributed by atoms with Crippen molar-refractivity contribution in [3.05, 3.63) is 82.2 Å². The van der Waals surface area contributed by atoms with Crippen LogP contribution in [0, 0.1) is 0 Å². The van der Waals surface area contributed by atoms with E-state index in [1.807, 2.05) is 80.7 Å². The number of methoxy groups -OCH3 is 1. The number of nitrogens with two attached hydrogens (primary N) is 1. The number of hydrogen-bond donors (Lipinski definition) is 2. The van der Waals surface area contributed by atoms with Gasteiger partial charge in [-0.25, -0.2) is 4.99 Å². The molecular formula is C29H31N5O3S2. The molecule has 0 spiro atoms. The zero-order valence-corrected chi connectivity index (χ0v) is 23.8. The van der Waals surface area contributed by atoms with Crippen LogP contribution in [-0.2, 0) is 16.1 Å². The van der Waals surface area contributed by atoms with Gasteiger partial charge >= 0.3 is 0 Å². The summed E-state index contributed by atoms with van der Waals surface area (Å²) in [6, 6.07) is 21.5. The number of aliphatic imine (C=N–C) groups is 1. The first-order valence-electron chi connectivity index (χ1n) is 12.7. The van der Waals surface area contributed by atoms with Crippen molar-refractivity contribution in [1.29, 1.82) is 0 Å². The number of nitrogen functional groups attached to an aromatic ring is 1. The third-order valence-electron chi connectivity index (χ3n) is 6.21. The van der Waals surface area contributed by atoms with Crippen LogP contribution in [0.1, 0.15) is 12.5 Å². The summed E-state index contributed by atoms with van der Waals surface area (Å²) in [5, 5.41) is 4.83. The Hall–Kier alpha value is -3.60. The van der Waals surface area contributed by atoms with Crippen LogP contribution in [0.25, 0.3) is 0 Å². The fourth-order valence-corrected chi connectivity index (χ4v) is 6.58. The van der Waals surface area contributed by atoms with Gasteiger partial charge in [-0.1, -0.05) is 42.1 Å². The van der Waals surface area contributed by atoms with Crippen LogP contribution in [0.4, 0.5) is 22.7 Å². The van der Waals surface area contributed by atoms with Gasteiger partial charge in [-0.3, -0.25) is 9.69 Å². The van der Waals surface area contributed by atoms with E-state index in [9.17, 15) is 4.79 Å². The average Bonchev–Trinajstić information content (AvgIpc) is 3.42. The van der Waals surface area contributed by atoms with Gasteiger partial charge in [-0.05, 0) is 54.6 Å². The molecular weight excluding hydrogens is 530 g/mol. The molecule has 3 aromatic carbocycles. The molecule has 0 atom stereocenters. The lowest BCUT2D eigenvalue weighted by molar-refractivity contribution is -0.122. The highest BCUT2D eigenvalue weighted by Gasteiger charge is 2.39. The molecule has 39 heavy (non-hydrogen) atoms. The predicted octanol–water partition coefficient (Wildman–Crippen LogP) is 5.90. The summed E-state index contributed by atoms with van der Waals surface area (Å²) in [5.41, 5.74) is 10.3. The largest absolute Gasteiger partial charge is 0.491 e. The van der Waals surface area contributed by atoms with E-state index in [0.717, 1.165) is 39.2 Å². The summed E-state index contributed by atoms with van der Waals surface area (Å²) in [4.78, 5) is 24.4. The molecule has 0 saturated carbocycles. The molecule has 0 radical (unpaired) electrons. The van der Waals surface area contributed by atoms with Gasteiger partial charge in [0.25, 0.3) is 5.91 Å². The maximum atomic E-state index is 14.0. The Morgan fingerprint density at radius 3 is 2.62 bits per heavy atom. The fraction of sp³-hybridized carbons (Fsp3) is 0.241. The minimum atomic E-state index is -0.0739. The molecule has 0 unspecified atom stereocenters. The van der Waals surface area contributed by atoms with Gasteiger partial charge < -0.3 is 25.4 Å². The predicted molar refractivity (Wildman–Crippen MR) is 162 cm³/mol. The van der Waals surface area contributed by atoms with Crippen molar-refractivity contribution in [3.63, 3.8) is 0 Å². The summed E-state index contributed by atoms with van der Waals surface area (Å²) in [6.45, 7) is 4.18. The Kier molecular flexibility index (Phi) is 8.35. The van der Waals surface area contributed by atoms with Crippen LogP contribution in [0.5, 0.6) is 5.75 Å². The lowest BCUT2D eigenvalue weighted by Crippen LogP contribution is -2.29. The Bertz CT molecular complexity index is 1430. The van der Waals surface area contributed by atoms with E-state index in [1.165, 1.54) is 11.8 Å². The van der Waals surface area contributed by atoms with Crippen LogP contribution in [-0.4, -0.2) is 49.9 Å². The number of benzene rings is 3. The second-order valence-electron chi connectivity index (χ2n) is 8.95. The molecule has 10 heteroatoms. The average molecular weight is 562 g/mol. The molecule has 0 aliphatic carbocycles. The van der Waals surface area contributed by atoms with E-state index >= 15 is 0 Å². The number of carbonyl (C=O) groups excluding carboxylic acids is 1. The minimum Gasteiger partial charge on any atom is -0.491 e. The molecule has 2 aliphatic heterocycles. The molecule has 1 fully saturated rings. The highest BCUT2D eigenvalue weighted by Crippen LogP contribution is 2.51. The molecule has 2 heterocycles. The molecule has 2 aliphatic rings. The smallest absolute Gasteiger partial charge is 0.269 e. The Morgan fingerprint density at radius 2 is 1.85 bits per heavy atom. The summed E-state index contributed by atoms with van der Waals surface area (Å²) in [6.07, 6.45) is 0. The van der Waals surface area contributed by atoms with Crippen molar-refractivity contribution < 1.29 is 14.3 Å². The molecule has 3 N–H and O–H groups in total. The second kappa shape index (κ2) is 12.1. The van der Waals surface area contributed by atoms with E-state index < -0.39 is 0 Å². The van der Waals surface area contributed by atoms with Crippen LogP contribution in [0.2, 0.25) is 0 Å². The van der Waals surface area contributed by atoms with Crippen molar-refractivity contribution in [2.75, 3.05) is 49.9 Å². The topological polar surface area (TPSA) is 92.4 Å². The van der Waals surface area contributed by atoms with Crippen LogP contribution >= 0.6 is 23.5 Å². The third kappa shape index (κ3) is 5.88. The second-order valence-corrected chi connectivity index (χ2v) is 11.0. The van der Waals surface area contributed by atoms with Crippen LogP contribution in [0.3, 0.4) is 0 Å². The van der Waals surface area contributed by atoms with Crippen molar-refractivity contribution in [3.8, 4) is 5.75 Å². The Labute approximate surface area is 237 Å². The van der Waals surface area contributed by atoms with E-state index in [2.05, 4.69) is 10.2 Å². The monoisotopic (exact) mass is 561 g/mol. The fourth-order valence-electron chi connectivity index (χ4n) is 4.27. The number of anilines is 3. The molecule has 0 bridgehead atoms. The zero-order valence-electron chi connectivity index (χ0n) is 22.1. The maximum Gasteiger partial charge on any atom is 0.269 e. The number of hydrogen-bond acceptors (Lipinski definition) is 9. The van der Waals surface area contributed by atoms with Gasteiger partial charge in [0, 0.05) is 37.4 Å². The van der Waals surface area contributed by atoms with Crippen LogP contribution < -0.4 is 20.7 Å². The lowest BCUT2D eigenvalue weighted by atomic mass is 10.2. The number of rotatable bonds is 9. The number of thioether (sulfide) groups is 2. The summed E-state index contributed by atoms with van der Waals surface area (Å²) in [7, 11) is 3.63. The first-order chi connectivity index (χ1) is 19.0. The van der Waals surface area contributed by atoms with E-state index in [-0.39, 0.29) is 5.91 Å². The Morgan fingerprint density at radius 1 is 1.03 bits per heavy atom. The molecule has 1 amide bonds. The third-order valence-corrected chi connectivity index (χ3v) is 8.64. The molecule has 3 aromatic rings. The van der Waals surface area contributed by atoms with Gasteiger partial charge in [-0.2, -0.15) is 0 Å². The number of ether oxygens (including phenoxy) is 2. The summed E-state index contributed by atoms with van der Waals surface area (Å²) < 4.78 is 10.9. The lowest BCUT2D eigenvalue weighted by Gasteiger charge is -2.17. The number of carbonyl (C=O) groups is 1. The van der Waals surface area contributed by atoms with Gasteiger partial charge in [0.2, 0.25) is 0 Å². The molecule has 1 saturated heterocycles. The number of amides is 1. The highest BCUT2D eigenvalue weighted by molar-refractivity contribution is 8.19. The maximum absolute atomic E-state index is 14.0. The molecule has 0 aromatic heterocycles. The van der Waals surface area contributed by atoms with Crippen molar-refractivity contribution in [1.82, 2.24) is 4.90 Å². The number of fused-ring (bicyclic) bond motifs is 1. The van der Waals surface area contributed by atoms with Gasteiger partial charge in [0.1, 0.15) is 17.3 Å². The Balaban J connectivity index is 1.51. The summed E-state index contributed by atoms with van der Waals surface area (Å²) >= 11 is 2.98. The van der Waals surface area contributed by atoms with Crippen molar-refractivity contribution in [2.45, 2.75) is 18.4 Å². The van der Waals surface area contributed by atoms with E-state index in [0.29, 0.717) is 41.2 Å². The van der Waals surface area contributed by atoms with Gasteiger partial charge in [0.15, 0.2) is 5.17 Å². The normalized spacial score (nSPS) is 17.7. The van der Waals surface area contributed by atoms with Crippen molar-refractivity contribution in [2.24, 2.45) is 4.99 Å².